The van der Waals surface area contributed by atoms with Crippen LogP contribution in [-0.2, 0) is 16.1 Å². The van der Waals surface area contributed by atoms with Crippen LogP contribution in [0.1, 0.15) is 24.8 Å². The van der Waals surface area contributed by atoms with Crippen molar-refractivity contribution in [1.29, 1.82) is 0 Å². The van der Waals surface area contributed by atoms with E-state index in [2.05, 4.69) is 16.0 Å². The lowest BCUT2D eigenvalue weighted by Crippen LogP contribution is -2.48. The number of amides is 2. The average Bonchev–Trinajstić information content (AvgIpc) is 2.85. The van der Waals surface area contributed by atoms with Gasteiger partial charge in [0.1, 0.15) is 0 Å². The molecular weight excluding hydrogens is 304 g/mol. The van der Waals surface area contributed by atoms with Gasteiger partial charge >= 0.3 is 0 Å². The van der Waals surface area contributed by atoms with E-state index < -0.39 is 0 Å². The Morgan fingerprint density at radius 2 is 2.17 bits per heavy atom. The topological polar surface area (TPSA) is 56.8 Å². The van der Waals surface area contributed by atoms with Crippen molar-refractivity contribution < 1.29 is 9.59 Å². The molecule has 0 radical (unpaired) electrons. The van der Waals surface area contributed by atoms with Gasteiger partial charge in [-0.3, -0.25) is 19.5 Å². The summed E-state index contributed by atoms with van der Waals surface area (Å²) < 4.78 is 0. The van der Waals surface area contributed by atoms with Gasteiger partial charge in [-0.1, -0.05) is 6.07 Å². The number of pyridine rings is 1. The number of likely N-dealkylation sites (N-methyl/N-ethyl adjacent to an activating group) is 1. The molecule has 0 aromatic carbocycles. The van der Waals surface area contributed by atoms with E-state index in [-0.39, 0.29) is 23.8 Å². The molecule has 24 heavy (non-hydrogen) atoms. The van der Waals surface area contributed by atoms with E-state index in [1.165, 1.54) is 5.56 Å². The Labute approximate surface area is 143 Å². The Balaban J connectivity index is 1.65. The van der Waals surface area contributed by atoms with Gasteiger partial charge in [-0.25, -0.2) is 0 Å². The van der Waals surface area contributed by atoms with Crippen molar-refractivity contribution in [3.8, 4) is 0 Å². The second kappa shape index (κ2) is 6.89. The molecule has 2 saturated heterocycles. The lowest BCUT2D eigenvalue weighted by molar-refractivity contribution is -0.143. The summed E-state index contributed by atoms with van der Waals surface area (Å²) >= 11 is 0. The molecule has 2 aliphatic heterocycles. The number of nitrogens with zero attached hydrogens (tertiary/aromatic N) is 4. The Morgan fingerprint density at radius 1 is 1.33 bits per heavy atom. The molecule has 1 aromatic rings. The summed E-state index contributed by atoms with van der Waals surface area (Å²) in [5.41, 5.74) is 0.882. The molecule has 0 N–H and O–H groups in total. The number of rotatable bonds is 4. The molecule has 2 amide bonds. The molecule has 1 atom stereocenters. The van der Waals surface area contributed by atoms with Crippen LogP contribution in [0.5, 0.6) is 0 Å². The van der Waals surface area contributed by atoms with E-state index in [1.54, 1.807) is 30.1 Å². The minimum Gasteiger partial charge on any atom is -0.347 e. The molecule has 0 bridgehead atoms. The Morgan fingerprint density at radius 3 is 2.88 bits per heavy atom. The first kappa shape index (κ1) is 16.9. The first-order chi connectivity index (χ1) is 11.5. The van der Waals surface area contributed by atoms with Crippen LogP contribution < -0.4 is 0 Å². The van der Waals surface area contributed by atoms with E-state index in [0.717, 1.165) is 38.9 Å². The van der Waals surface area contributed by atoms with Crippen molar-refractivity contribution in [3.63, 3.8) is 0 Å². The van der Waals surface area contributed by atoms with Crippen molar-refractivity contribution in [2.45, 2.75) is 25.8 Å². The number of aromatic nitrogens is 1. The van der Waals surface area contributed by atoms with E-state index >= 15 is 0 Å². The van der Waals surface area contributed by atoms with Crippen molar-refractivity contribution in [2.24, 2.45) is 5.41 Å². The molecule has 0 saturated carbocycles. The number of hydrogen-bond donors (Lipinski definition) is 0. The second-order valence-electron chi connectivity index (χ2n) is 7.22. The minimum absolute atomic E-state index is 0.0107. The highest BCUT2D eigenvalue weighted by atomic mass is 16.2. The van der Waals surface area contributed by atoms with Crippen LogP contribution in [-0.4, -0.2) is 71.8 Å². The number of carbonyl (C=O) groups is 2. The van der Waals surface area contributed by atoms with Crippen LogP contribution in [0.15, 0.2) is 24.5 Å². The highest BCUT2D eigenvalue weighted by molar-refractivity contribution is 5.89. The summed E-state index contributed by atoms with van der Waals surface area (Å²) in [4.78, 5) is 34.7. The van der Waals surface area contributed by atoms with Gasteiger partial charge in [0.2, 0.25) is 11.8 Å². The summed E-state index contributed by atoms with van der Waals surface area (Å²) in [6.45, 7) is 3.53. The van der Waals surface area contributed by atoms with Gasteiger partial charge in [-0.2, -0.15) is 0 Å². The molecule has 3 rings (SSSR count). The zero-order chi connectivity index (χ0) is 17.2. The number of carbonyl (C=O) groups excluding carboxylic acids is 2. The quantitative estimate of drug-likeness (QED) is 0.826. The summed E-state index contributed by atoms with van der Waals surface area (Å²) in [7, 11) is 3.46. The fourth-order valence-electron chi connectivity index (χ4n) is 3.84. The molecular formula is C18H26N4O2. The predicted octanol–water partition coefficient (Wildman–Crippen LogP) is 0.984. The van der Waals surface area contributed by atoms with Crippen molar-refractivity contribution in [3.05, 3.63) is 30.1 Å². The highest BCUT2D eigenvalue weighted by Crippen LogP contribution is 2.40. The summed E-state index contributed by atoms with van der Waals surface area (Å²) in [6.07, 6.45) is 6.49. The molecule has 2 fully saturated rings. The number of likely N-dealkylation sites (tertiary alicyclic amines) is 2. The van der Waals surface area contributed by atoms with Crippen LogP contribution in [0.2, 0.25) is 0 Å². The van der Waals surface area contributed by atoms with Crippen LogP contribution in [0.25, 0.3) is 0 Å². The maximum Gasteiger partial charge on any atom is 0.241 e. The van der Waals surface area contributed by atoms with Gasteiger partial charge in [0, 0.05) is 46.1 Å². The standard InChI is InChI=1S/C18H26N4O2/c1-20(2)16(23)13-22-10-7-18(17(22)24)6-4-9-21(14-18)12-15-5-3-8-19-11-15/h3,5,8,11H,4,6-7,9-10,12-14H2,1-2H3/t18-/m1/s1. The third-order valence-corrected chi connectivity index (χ3v) is 5.21. The van der Waals surface area contributed by atoms with Gasteiger partial charge in [-0.05, 0) is 37.4 Å². The van der Waals surface area contributed by atoms with Gasteiger partial charge in [0.05, 0.1) is 12.0 Å². The molecule has 1 aromatic heterocycles. The third kappa shape index (κ3) is 3.43. The maximum absolute atomic E-state index is 13.0. The minimum atomic E-state index is -0.299. The van der Waals surface area contributed by atoms with Crippen molar-refractivity contribution in [1.82, 2.24) is 19.7 Å². The molecule has 6 heteroatoms. The second-order valence-corrected chi connectivity index (χ2v) is 7.22. The third-order valence-electron chi connectivity index (χ3n) is 5.21. The Kier molecular flexibility index (Phi) is 4.85. The summed E-state index contributed by atoms with van der Waals surface area (Å²) in [5, 5.41) is 0. The largest absolute Gasteiger partial charge is 0.347 e. The SMILES string of the molecule is CN(C)C(=O)CN1CC[C@@]2(CCCN(Cc3cccnc3)C2)C1=O. The Hall–Kier alpha value is -1.95. The van der Waals surface area contributed by atoms with Gasteiger partial charge < -0.3 is 9.80 Å². The lowest BCUT2D eigenvalue weighted by Gasteiger charge is -2.39. The van der Waals surface area contributed by atoms with Crippen LogP contribution in [0, 0.1) is 5.41 Å². The molecule has 3 heterocycles. The summed E-state index contributed by atoms with van der Waals surface area (Å²) in [6, 6.07) is 4.02. The maximum atomic E-state index is 13.0. The van der Waals surface area contributed by atoms with Gasteiger partial charge in [0.25, 0.3) is 0 Å². The van der Waals surface area contributed by atoms with Gasteiger partial charge in [-0.15, -0.1) is 0 Å². The van der Waals surface area contributed by atoms with Crippen molar-refractivity contribution in [2.75, 3.05) is 40.3 Å². The number of hydrogen-bond acceptors (Lipinski definition) is 4. The number of piperidine rings is 1. The summed E-state index contributed by atoms with van der Waals surface area (Å²) in [5.74, 6) is 0.150. The lowest BCUT2D eigenvalue weighted by atomic mass is 9.78. The van der Waals surface area contributed by atoms with E-state index in [4.69, 9.17) is 0 Å². The molecule has 6 nitrogen and oxygen atoms in total. The van der Waals surface area contributed by atoms with Gasteiger partial charge in [0.15, 0.2) is 0 Å². The van der Waals surface area contributed by atoms with Crippen LogP contribution >= 0.6 is 0 Å². The fourth-order valence-corrected chi connectivity index (χ4v) is 3.84. The molecule has 1 spiro atoms. The molecule has 130 valence electrons. The normalized spacial score (nSPS) is 24.6. The van der Waals surface area contributed by atoms with Crippen LogP contribution in [0.3, 0.4) is 0 Å². The predicted molar refractivity (Wildman–Crippen MR) is 91.1 cm³/mol. The Bertz CT molecular complexity index is 604. The van der Waals surface area contributed by atoms with Crippen LogP contribution in [0.4, 0.5) is 0 Å². The highest BCUT2D eigenvalue weighted by Gasteiger charge is 2.49. The van der Waals surface area contributed by atoms with E-state index in [1.807, 2.05) is 12.3 Å². The average molecular weight is 330 g/mol. The first-order valence-electron chi connectivity index (χ1n) is 8.61. The first-order valence-corrected chi connectivity index (χ1v) is 8.61. The van der Waals surface area contributed by atoms with E-state index in [0.29, 0.717) is 6.54 Å². The monoisotopic (exact) mass is 330 g/mol. The smallest absolute Gasteiger partial charge is 0.241 e. The zero-order valence-electron chi connectivity index (χ0n) is 14.6. The molecule has 0 unspecified atom stereocenters. The van der Waals surface area contributed by atoms with Crippen molar-refractivity contribution >= 4 is 11.8 Å². The molecule has 2 aliphatic rings. The zero-order valence-corrected chi connectivity index (χ0v) is 14.6. The molecule has 0 aliphatic carbocycles. The van der Waals surface area contributed by atoms with E-state index in [9.17, 15) is 9.59 Å². The fraction of sp³-hybridized carbons (Fsp3) is 0.611.